The SMILES string of the molecule is CC(C)CC(=O)NC(C)c1nnc(N)[nH]c1=O. The van der Waals surface area contributed by atoms with E-state index in [4.69, 9.17) is 5.73 Å². The third-order valence-electron chi connectivity index (χ3n) is 2.12. The van der Waals surface area contributed by atoms with Crippen LogP contribution < -0.4 is 16.6 Å². The largest absolute Gasteiger partial charge is 0.368 e. The van der Waals surface area contributed by atoms with E-state index in [2.05, 4.69) is 20.5 Å². The van der Waals surface area contributed by atoms with Gasteiger partial charge in [-0.25, -0.2) is 0 Å². The monoisotopic (exact) mass is 239 g/mol. The normalized spacial score (nSPS) is 12.5. The van der Waals surface area contributed by atoms with Crippen LogP contribution in [0.4, 0.5) is 5.95 Å². The molecule has 0 bridgehead atoms. The molecule has 1 aromatic rings. The maximum Gasteiger partial charge on any atom is 0.276 e. The quantitative estimate of drug-likeness (QED) is 0.682. The molecule has 1 rings (SSSR count). The first-order chi connectivity index (χ1) is 7.90. The Morgan fingerprint density at radius 3 is 2.59 bits per heavy atom. The van der Waals surface area contributed by atoms with Gasteiger partial charge in [0.05, 0.1) is 6.04 Å². The van der Waals surface area contributed by atoms with E-state index in [9.17, 15) is 9.59 Å². The van der Waals surface area contributed by atoms with Crippen molar-refractivity contribution in [2.45, 2.75) is 33.2 Å². The molecule has 0 saturated carbocycles. The number of nitrogen functional groups attached to an aromatic ring is 1. The zero-order valence-electron chi connectivity index (χ0n) is 10.2. The smallest absolute Gasteiger partial charge is 0.276 e. The summed E-state index contributed by atoms with van der Waals surface area (Å²) < 4.78 is 0. The third kappa shape index (κ3) is 3.86. The highest BCUT2D eigenvalue weighted by Crippen LogP contribution is 2.05. The lowest BCUT2D eigenvalue weighted by atomic mass is 10.1. The van der Waals surface area contributed by atoms with Crippen molar-refractivity contribution in [2.75, 3.05) is 5.73 Å². The summed E-state index contributed by atoms with van der Waals surface area (Å²) in [5.41, 5.74) is 4.99. The molecular formula is C10H17N5O2. The van der Waals surface area contributed by atoms with E-state index in [-0.39, 0.29) is 23.5 Å². The number of hydrogen-bond donors (Lipinski definition) is 3. The molecule has 1 atom stereocenters. The van der Waals surface area contributed by atoms with Crippen LogP contribution in [0.15, 0.2) is 4.79 Å². The number of hydrogen-bond acceptors (Lipinski definition) is 5. The summed E-state index contributed by atoms with van der Waals surface area (Å²) in [4.78, 5) is 25.3. The Bertz CT molecular complexity index is 454. The van der Waals surface area contributed by atoms with Gasteiger partial charge in [0.25, 0.3) is 5.56 Å². The molecule has 1 heterocycles. The summed E-state index contributed by atoms with van der Waals surface area (Å²) in [5.74, 6) is 0.1000. The molecule has 0 aromatic carbocycles. The van der Waals surface area contributed by atoms with Crippen molar-refractivity contribution in [1.29, 1.82) is 0 Å². The standard InChI is InChI=1S/C10H17N5O2/c1-5(2)4-7(16)12-6(3)8-9(17)13-10(11)15-14-8/h5-6H,4H2,1-3H3,(H,12,16)(H3,11,13,15,17). The van der Waals surface area contributed by atoms with Gasteiger partial charge in [-0.05, 0) is 12.8 Å². The summed E-state index contributed by atoms with van der Waals surface area (Å²) in [6.07, 6.45) is 0.407. The minimum Gasteiger partial charge on any atom is -0.368 e. The number of nitrogens with two attached hydrogens (primary N) is 1. The number of rotatable bonds is 4. The lowest BCUT2D eigenvalue weighted by molar-refractivity contribution is -0.122. The Labute approximate surface area is 98.8 Å². The van der Waals surface area contributed by atoms with Crippen molar-refractivity contribution in [1.82, 2.24) is 20.5 Å². The first-order valence-electron chi connectivity index (χ1n) is 5.42. The van der Waals surface area contributed by atoms with Gasteiger partial charge in [0.2, 0.25) is 11.9 Å². The zero-order chi connectivity index (χ0) is 13.0. The van der Waals surface area contributed by atoms with Gasteiger partial charge in [-0.1, -0.05) is 13.8 Å². The number of H-pyrrole nitrogens is 1. The molecule has 0 aliphatic heterocycles. The van der Waals surface area contributed by atoms with E-state index in [0.29, 0.717) is 6.42 Å². The van der Waals surface area contributed by atoms with Gasteiger partial charge in [-0.3, -0.25) is 14.6 Å². The lowest BCUT2D eigenvalue weighted by Crippen LogP contribution is -2.32. The third-order valence-corrected chi connectivity index (χ3v) is 2.12. The molecule has 7 nitrogen and oxygen atoms in total. The number of anilines is 1. The van der Waals surface area contributed by atoms with E-state index >= 15 is 0 Å². The van der Waals surface area contributed by atoms with Crippen molar-refractivity contribution in [3.8, 4) is 0 Å². The molecule has 17 heavy (non-hydrogen) atoms. The molecule has 0 radical (unpaired) electrons. The predicted molar refractivity (Wildman–Crippen MR) is 63.1 cm³/mol. The summed E-state index contributed by atoms with van der Waals surface area (Å²) in [6, 6.07) is -0.488. The van der Waals surface area contributed by atoms with Crippen molar-refractivity contribution in [3.05, 3.63) is 16.0 Å². The van der Waals surface area contributed by atoms with Gasteiger partial charge in [-0.15, -0.1) is 10.2 Å². The zero-order valence-corrected chi connectivity index (χ0v) is 10.2. The van der Waals surface area contributed by atoms with Crippen molar-refractivity contribution in [3.63, 3.8) is 0 Å². The van der Waals surface area contributed by atoms with Crippen LogP contribution in [0.5, 0.6) is 0 Å². The Balaban J connectivity index is 2.73. The van der Waals surface area contributed by atoms with Crippen molar-refractivity contribution < 1.29 is 4.79 Å². The highest BCUT2D eigenvalue weighted by atomic mass is 16.2. The maximum atomic E-state index is 11.5. The van der Waals surface area contributed by atoms with Crippen LogP contribution in [0.25, 0.3) is 0 Å². The molecule has 7 heteroatoms. The number of nitrogens with zero attached hydrogens (tertiary/aromatic N) is 2. The molecule has 94 valence electrons. The molecule has 0 saturated heterocycles. The Morgan fingerprint density at radius 2 is 2.06 bits per heavy atom. The van der Waals surface area contributed by atoms with E-state index in [1.54, 1.807) is 6.92 Å². The van der Waals surface area contributed by atoms with Crippen LogP contribution in [0, 0.1) is 5.92 Å². The topological polar surface area (TPSA) is 114 Å². The van der Waals surface area contributed by atoms with Crippen LogP contribution in [0.3, 0.4) is 0 Å². The molecular weight excluding hydrogens is 222 g/mol. The first-order valence-corrected chi connectivity index (χ1v) is 5.42. The van der Waals surface area contributed by atoms with E-state index in [0.717, 1.165) is 0 Å². The molecule has 4 N–H and O–H groups in total. The minimum atomic E-state index is -0.488. The van der Waals surface area contributed by atoms with Crippen LogP contribution in [-0.2, 0) is 4.79 Å². The van der Waals surface area contributed by atoms with Crippen molar-refractivity contribution in [2.24, 2.45) is 5.92 Å². The summed E-state index contributed by atoms with van der Waals surface area (Å²) >= 11 is 0. The fraction of sp³-hybridized carbons (Fsp3) is 0.600. The second-order valence-electron chi connectivity index (χ2n) is 4.31. The Morgan fingerprint density at radius 1 is 1.41 bits per heavy atom. The second kappa shape index (κ2) is 5.42. The lowest BCUT2D eigenvalue weighted by Gasteiger charge is -2.13. The average molecular weight is 239 g/mol. The summed E-state index contributed by atoms with van der Waals surface area (Å²) in [6.45, 7) is 5.56. The predicted octanol–water partition coefficient (Wildman–Crippen LogP) is -0.0296. The van der Waals surface area contributed by atoms with Gasteiger partial charge < -0.3 is 11.1 Å². The molecule has 0 spiro atoms. The van der Waals surface area contributed by atoms with Crippen molar-refractivity contribution >= 4 is 11.9 Å². The van der Waals surface area contributed by atoms with Gasteiger partial charge in [0.1, 0.15) is 0 Å². The van der Waals surface area contributed by atoms with E-state index in [1.165, 1.54) is 0 Å². The first kappa shape index (κ1) is 13.1. The molecule has 0 aliphatic carbocycles. The molecule has 1 amide bonds. The van der Waals surface area contributed by atoms with Crippen LogP contribution in [0.1, 0.15) is 38.9 Å². The van der Waals surface area contributed by atoms with Gasteiger partial charge >= 0.3 is 0 Å². The highest BCUT2D eigenvalue weighted by molar-refractivity contribution is 5.76. The van der Waals surface area contributed by atoms with Gasteiger partial charge in [0.15, 0.2) is 5.69 Å². The number of nitrogens with one attached hydrogen (secondary N) is 2. The van der Waals surface area contributed by atoms with Gasteiger partial charge in [0, 0.05) is 6.42 Å². The minimum absolute atomic E-state index is 0.0422. The molecule has 1 unspecified atom stereocenters. The van der Waals surface area contributed by atoms with E-state index in [1.807, 2.05) is 13.8 Å². The number of carbonyl (C=O) groups is 1. The fourth-order valence-corrected chi connectivity index (χ4v) is 1.38. The summed E-state index contributed by atoms with van der Waals surface area (Å²) in [5, 5.41) is 9.91. The van der Waals surface area contributed by atoms with Crippen LogP contribution in [0.2, 0.25) is 0 Å². The van der Waals surface area contributed by atoms with Crippen LogP contribution in [-0.4, -0.2) is 21.1 Å². The molecule has 0 aliphatic rings. The highest BCUT2D eigenvalue weighted by Gasteiger charge is 2.15. The number of carbonyl (C=O) groups excluding carboxylic acids is 1. The second-order valence-corrected chi connectivity index (χ2v) is 4.31. The van der Waals surface area contributed by atoms with E-state index < -0.39 is 11.6 Å². The number of aromatic amines is 1. The Kier molecular flexibility index (Phi) is 4.19. The van der Waals surface area contributed by atoms with Crippen LogP contribution >= 0.6 is 0 Å². The number of aromatic nitrogens is 3. The molecule has 0 fully saturated rings. The molecule has 1 aromatic heterocycles. The maximum absolute atomic E-state index is 11.5. The Hall–Kier alpha value is -1.92. The number of amides is 1. The van der Waals surface area contributed by atoms with Gasteiger partial charge in [-0.2, -0.15) is 0 Å². The fourth-order valence-electron chi connectivity index (χ4n) is 1.38. The summed E-state index contributed by atoms with van der Waals surface area (Å²) in [7, 11) is 0. The average Bonchev–Trinajstić information content (AvgIpc) is 2.15.